The Bertz CT molecular complexity index is 1030. The lowest BCUT2D eigenvalue weighted by atomic mass is 9.99. The predicted octanol–water partition coefficient (Wildman–Crippen LogP) is 1.96. The van der Waals surface area contributed by atoms with E-state index in [1.54, 1.807) is 12.1 Å². The third kappa shape index (κ3) is 7.03. The highest BCUT2D eigenvalue weighted by Gasteiger charge is 2.33. The number of hydrogen-bond donors (Lipinski definition) is 2. The van der Waals surface area contributed by atoms with Gasteiger partial charge in [-0.1, -0.05) is 30.3 Å². The molecule has 2 N–H and O–H groups in total. The van der Waals surface area contributed by atoms with Crippen molar-refractivity contribution in [2.45, 2.75) is 30.6 Å². The fraction of sp³-hybridized carbons (Fsp3) is 0.417. The lowest BCUT2D eigenvalue weighted by molar-refractivity contribution is -0.126. The molecule has 8 nitrogen and oxygen atoms in total. The number of piperidine rings is 1. The zero-order chi connectivity index (χ0) is 23.7. The van der Waals surface area contributed by atoms with Crippen molar-refractivity contribution >= 4 is 21.8 Å². The molecule has 0 spiro atoms. The third-order valence-electron chi connectivity index (χ3n) is 5.68. The number of ether oxygens (including phenoxy) is 1. The predicted molar refractivity (Wildman–Crippen MR) is 125 cm³/mol. The minimum Gasteiger partial charge on any atom is -0.497 e. The summed E-state index contributed by atoms with van der Waals surface area (Å²) in [7, 11) is -2.17. The van der Waals surface area contributed by atoms with E-state index in [0.717, 1.165) is 12.0 Å². The Balaban J connectivity index is 1.42. The van der Waals surface area contributed by atoms with Gasteiger partial charge in [0.25, 0.3) is 0 Å². The summed E-state index contributed by atoms with van der Waals surface area (Å²) in [6.45, 7) is 1.26. The maximum atomic E-state index is 13.0. The van der Waals surface area contributed by atoms with E-state index in [-0.39, 0.29) is 36.2 Å². The minimum absolute atomic E-state index is 0.126. The smallest absolute Gasteiger partial charge is 0.243 e. The van der Waals surface area contributed by atoms with E-state index in [2.05, 4.69) is 10.6 Å². The van der Waals surface area contributed by atoms with Crippen LogP contribution in [0.2, 0.25) is 0 Å². The highest BCUT2D eigenvalue weighted by atomic mass is 32.2. The van der Waals surface area contributed by atoms with Crippen LogP contribution in [0.15, 0.2) is 59.5 Å². The second-order valence-electron chi connectivity index (χ2n) is 8.00. The molecule has 1 saturated heterocycles. The van der Waals surface area contributed by atoms with Gasteiger partial charge in [-0.05, 0) is 49.1 Å². The molecule has 0 bridgehead atoms. The van der Waals surface area contributed by atoms with Gasteiger partial charge < -0.3 is 15.4 Å². The molecule has 1 fully saturated rings. The summed E-state index contributed by atoms with van der Waals surface area (Å²) in [5, 5.41) is 5.63. The Morgan fingerprint density at radius 2 is 1.76 bits per heavy atom. The second-order valence-corrected chi connectivity index (χ2v) is 9.94. The summed E-state index contributed by atoms with van der Waals surface area (Å²) in [5.74, 6) is -0.206. The molecule has 1 aliphatic rings. The van der Waals surface area contributed by atoms with Gasteiger partial charge in [0, 0.05) is 32.6 Å². The van der Waals surface area contributed by atoms with Crippen LogP contribution in [0.25, 0.3) is 0 Å². The van der Waals surface area contributed by atoms with Gasteiger partial charge >= 0.3 is 0 Å². The molecular formula is C24H31N3O5S. The molecule has 33 heavy (non-hydrogen) atoms. The van der Waals surface area contributed by atoms with Crippen molar-refractivity contribution in [3.05, 3.63) is 60.2 Å². The topological polar surface area (TPSA) is 105 Å². The van der Waals surface area contributed by atoms with Crippen LogP contribution in [0, 0.1) is 5.92 Å². The Morgan fingerprint density at radius 1 is 1.03 bits per heavy atom. The van der Waals surface area contributed by atoms with Crippen LogP contribution in [-0.4, -0.2) is 57.8 Å². The molecule has 3 rings (SSSR count). The quantitative estimate of drug-likeness (QED) is 0.549. The number of benzene rings is 2. The standard InChI is InChI=1S/C24H31N3O5S/c1-32-21-9-11-22(12-10-21)33(30,31)27-17-5-8-20(18-27)24(29)26-16-14-23(28)25-15-13-19-6-3-2-4-7-19/h2-4,6-7,9-12,20H,5,8,13-18H2,1H3,(H,25,28)(H,26,29). The van der Waals surface area contributed by atoms with Crippen LogP contribution in [0.5, 0.6) is 5.75 Å². The molecule has 2 aromatic carbocycles. The molecule has 0 aromatic heterocycles. The van der Waals surface area contributed by atoms with E-state index in [4.69, 9.17) is 4.74 Å². The van der Waals surface area contributed by atoms with Crippen LogP contribution in [-0.2, 0) is 26.0 Å². The zero-order valence-electron chi connectivity index (χ0n) is 18.8. The summed E-state index contributed by atoms with van der Waals surface area (Å²) in [4.78, 5) is 24.8. The Hall–Kier alpha value is -2.91. The minimum atomic E-state index is -3.69. The SMILES string of the molecule is COc1ccc(S(=O)(=O)N2CCCC(C(=O)NCCC(=O)NCCc3ccccc3)C2)cc1. The van der Waals surface area contributed by atoms with Gasteiger partial charge in [-0.3, -0.25) is 9.59 Å². The van der Waals surface area contributed by atoms with Crippen LogP contribution in [0.3, 0.4) is 0 Å². The number of methoxy groups -OCH3 is 1. The number of hydrogen-bond acceptors (Lipinski definition) is 5. The van der Waals surface area contributed by atoms with Crippen LogP contribution in [0.1, 0.15) is 24.8 Å². The highest BCUT2D eigenvalue weighted by molar-refractivity contribution is 7.89. The molecule has 2 aromatic rings. The van der Waals surface area contributed by atoms with E-state index in [1.165, 1.54) is 23.5 Å². The first kappa shape index (κ1) is 24.7. The summed E-state index contributed by atoms with van der Waals surface area (Å²) in [5.41, 5.74) is 1.15. The molecule has 1 atom stereocenters. The Labute approximate surface area is 195 Å². The van der Waals surface area contributed by atoms with Crippen LogP contribution < -0.4 is 15.4 Å². The highest BCUT2D eigenvalue weighted by Crippen LogP contribution is 2.25. The Kier molecular flexibility index (Phi) is 8.85. The van der Waals surface area contributed by atoms with Crippen molar-refractivity contribution in [3.63, 3.8) is 0 Å². The molecule has 9 heteroatoms. The summed E-state index contributed by atoms with van der Waals surface area (Å²) >= 11 is 0. The first-order valence-electron chi connectivity index (χ1n) is 11.1. The van der Waals surface area contributed by atoms with E-state index in [1.807, 2.05) is 30.3 Å². The third-order valence-corrected chi connectivity index (χ3v) is 7.56. The van der Waals surface area contributed by atoms with Gasteiger partial charge in [0.1, 0.15) is 5.75 Å². The van der Waals surface area contributed by atoms with E-state index < -0.39 is 15.9 Å². The van der Waals surface area contributed by atoms with Gasteiger partial charge in [0.05, 0.1) is 17.9 Å². The molecule has 0 aliphatic carbocycles. The molecule has 2 amide bonds. The van der Waals surface area contributed by atoms with Gasteiger partial charge in [-0.15, -0.1) is 0 Å². The molecule has 0 radical (unpaired) electrons. The van der Waals surface area contributed by atoms with Gasteiger partial charge in [0.2, 0.25) is 21.8 Å². The summed E-state index contributed by atoms with van der Waals surface area (Å²) < 4.78 is 32.4. The van der Waals surface area contributed by atoms with Crippen molar-refractivity contribution in [2.75, 3.05) is 33.3 Å². The number of nitrogens with zero attached hydrogens (tertiary/aromatic N) is 1. The molecule has 1 heterocycles. The number of sulfonamides is 1. The maximum Gasteiger partial charge on any atom is 0.243 e. The lowest BCUT2D eigenvalue weighted by Crippen LogP contribution is -2.45. The van der Waals surface area contributed by atoms with Crippen molar-refractivity contribution in [2.24, 2.45) is 5.92 Å². The lowest BCUT2D eigenvalue weighted by Gasteiger charge is -2.31. The Morgan fingerprint density at radius 3 is 2.45 bits per heavy atom. The van der Waals surface area contributed by atoms with Gasteiger partial charge in [-0.25, -0.2) is 8.42 Å². The van der Waals surface area contributed by atoms with E-state index >= 15 is 0 Å². The first-order chi connectivity index (χ1) is 15.9. The van der Waals surface area contributed by atoms with E-state index in [9.17, 15) is 18.0 Å². The number of carbonyl (C=O) groups excluding carboxylic acids is 2. The number of nitrogens with one attached hydrogen (secondary N) is 2. The van der Waals surface area contributed by atoms with Crippen molar-refractivity contribution in [1.29, 1.82) is 0 Å². The summed E-state index contributed by atoms with van der Waals surface area (Å²) in [6, 6.07) is 16.1. The first-order valence-corrected chi connectivity index (χ1v) is 12.6. The van der Waals surface area contributed by atoms with Gasteiger partial charge in [0.15, 0.2) is 0 Å². The van der Waals surface area contributed by atoms with Crippen molar-refractivity contribution < 1.29 is 22.7 Å². The average molecular weight is 474 g/mol. The van der Waals surface area contributed by atoms with Crippen LogP contribution >= 0.6 is 0 Å². The molecule has 1 aliphatic heterocycles. The zero-order valence-corrected chi connectivity index (χ0v) is 19.6. The molecule has 1 unspecified atom stereocenters. The summed E-state index contributed by atoms with van der Waals surface area (Å²) in [6.07, 6.45) is 2.15. The maximum absolute atomic E-state index is 13.0. The monoisotopic (exact) mass is 473 g/mol. The normalized spacial score (nSPS) is 16.7. The van der Waals surface area contributed by atoms with Gasteiger partial charge in [-0.2, -0.15) is 4.31 Å². The number of amides is 2. The van der Waals surface area contributed by atoms with E-state index in [0.29, 0.717) is 31.7 Å². The largest absolute Gasteiger partial charge is 0.497 e. The van der Waals surface area contributed by atoms with Crippen molar-refractivity contribution in [1.82, 2.24) is 14.9 Å². The second kappa shape index (κ2) is 11.8. The number of rotatable bonds is 10. The average Bonchev–Trinajstić information content (AvgIpc) is 2.84. The molecule has 178 valence electrons. The molecule has 0 saturated carbocycles. The number of carbonyl (C=O) groups is 2. The molecular weight excluding hydrogens is 442 g/mol. The fourth-order valence-corrected chi connectivity index (χ4v) is 5.32. The van der Waals surface area contributed by atoms with Crippen LogP contribution in [0.4, 0.5) is 0 Å². The fourth-order valence-electron chi connectivity index (χ4n) is 3.79. The van der Waals surface area contributed by atoms with Crippen molar-refractivity contribution in [3.8, 4) is 5.75 Å².